The van der Waals surface area contributed by atoms with Crippen LogP contribution < -0.4 is 15.5 Å². The minimum absolute atomic E-state index is 0.0608. The van der Waals surface area contributed by atoms with E-state index in [2.05, 4.69) is 19.9 Å². The number of sulfonamides is 1. The first kappa shape index (κ1) is 24.3. The Labute approximate surface area is 201 Å². The minimum Gasteiger partial charge on any atom is -0.359 e. The number of hydrogen-bond acceptors (Lipinski definition) is 5. The molecule has 8 nitrogen and oxygen atoms in total. The molecule has 1 aliphatic rings. The number of rotatable bonds is 8. The molecular formula is C23H24ClFN4O4S. The zero-order valence-corrected chi connectivity index (χ0v) is 19.8. The largest absolute Gasteiger partial charge is 0.359 e. The number of pyridine rings is 1. The van der Waals surface area contributed by atoms with Crippen molar-refractivity contribution in [2.24, 2.45) is 0 Å². The van der Waals surface area contributed by atoms with Crippen molar-refractivity contribution in [3.05, 3.63) is 74.8 Å². The van der Waals surface area contributed by atoms with Gasteiger partial charge in [0.15, 0.2) is 0 Å². The van der Waals surface area contributed by atoms with E-state index in [1.54, 1.807) is 24.3 Å². The van der Waals surface area contributed by atoms with E-state index >= 15 is 0 Å². The third-order valence-electron chi connectivity index (χ3n) is 5.74. The first-order valence-corrected chi connectivity index (χ1v) is 12.7. The van der Waals surface area contributed by atoms with Crippen molar-refractivity contribution in [1.29, 1.82) is 0 Å². The SMILES string of the molecule is O=C(NCc1ccc(Cl)cc1)c1c[nH]c2c(S(=O)(=O)NCCN3CCCC3)cc(F)cc2c1=O. The summed E-state index contributed by atoms with van der Waals surface area (Å²) < 4.78 is 42.6. The number of benzene rings is 2. The van der Waals surface area contributed by atoms with Crippen LogP contribution in [0.5, 0.6) is 0 Å². The van der Waals surface area contributed by atoms with Gasteiger partial charge in [0.1, 0.15) is 16.3 Å². The maximum Gasteiger partial charge on any atom is 0.257 e. The number of carbonyl (C=O) groups excluding carboxylic acids is 1. The molecule has 1 aromatic heterocycles. The molecule has 3 aromatic rings. The van der Waals surface area contributed by atoms with Crippen LogP contribution in [-0.4, -0.2) is 50.4 Å². The van der Waals surface area contributed by atoms with E-state index in [1.807, 2.05) is 0 Å². The minimum atomic E-state index is -4.10. The summed E-state index contributed by atoms with van der Waals surface area (Å²) in [5.74, 6) is -1.56. The van der Waals surface area contributed by atoms with Crippen LogP contribution in [0.3, 0.4) is 0 Å². The molecule has 1 fully saturated rings. The number of amides is 1. The maximum absolute atomic E-state index is 14.3. The molecule has 0 saturated carbocycles. The molecule has 1 saturated heterocycles. The average Bonchev–Trinajstić information content (AvgIpc) is 3.32. The van der Waals surface area contributed by atoms with Gasteiger partial charge in [-0.15, -0.1) is 0 Å². The summed E-state index contributed by atoms with van der Waals surface area (Å²) in [6.07, 6.45) is 3.30. The molecule has 11 heteroatoms. The van der Waals surface area contributed by atoms with Crippen molar-refractivity contribution < 1.29 is 17.6 Å². The van der Waals surface area contributed by atoms with E-state index in [9.17, 15) is 22.4 Å². The Morgan fingerprint density at radius 2 is 1.85 bits per heavy atom. The molecule has 3 N–H and O–H groups in total. The van der Waals surface area contributed by atoms with E-state index in [-0.39, 0.29) is 34.5 Å². The third-order valence-corrected chi connectivity index (χ3v) is 7.47. The van der Waals surface area contributed by atoms with Gasteiger partial charge in [0, 0.05) is 30.9 Å². The van der Waals surface area contributed by atoms with Gasteiger partial charge in [-0.2, -0.15) is 0 Å². The Bertz CT molecular complexity index is 1370. The molecule has 0 spiro atoms. The van der Waals surface area contributed by atoms with Crippen molar-refractivity contribution in [2.45, 2.75) is 24.3 Å². The van der Waals surface area contributed by atoms with Crippen LogP contribution in [-0.2, 0) is 16.6 Å². The Hall–Kier alpha value is -2.79. The monoisotopic (exact) mass is 506 g/mol. The van der Waals surface area contributed by atoms with Crippen LogP contribution in [0.25, 0.3) is 10.9 Å². The second-order valence-electron chi connectivity index (χ2n) is 8.11. The molecule has 0 aliphatic carbocycles. The molecule has 0 unspecified atom stereocenters. The molecule has 0 radical (unpaired) electrons. The number of hydrogen-bond donors (Lipinski definition) is 3. The predicted molar refractivity (Wildman–Crippen MR) is 128 cm³/mol. The fraction of sp³-hybridized carbons (Fsp3) is 0.304. The van der Waals surface area contributed by atoms with Gasteiger partial charge in [0.25, 0.3) is 5.91 Å². The molecule has 2 aromatic carbocycles. The second-order valence-corrected chi connectivity index (χ2v) is 10.3. The van der Waals surface area contributed by atoms with Crippen LogP contribution in [0.2, 0.25) is 5.02 Å². The van der Waals surface area contributed by atoms with E-state index in [0.717, 1.165) is 49.8 Å². The molecule has 2 heterocycles. The number of H-pyrrole nitrogens is 1. The maximum atomic E-state index is 14.3. The molecule has 4 rings (SSSR count). The molecule has 0 atom stereocenters. The summed E-state index contributed by atoms with van der Waals surface area (Å²) in [5, 5.41) is 2.96. The number of carbonyl (C=O) groups is 1. The summed E-state index contributed by atoms with van der Waals surface area (Å²) >= 11 is 5.85. The first-order valence-electron chi connectivity index (χ1n) is 10.8. The highest BCUT2D eigenvalue weighted by Gasteiger charge is 2.23. The van der Waals surface area contributed by atoms with Gasteiger partial charge in [-0.25, -0.2) is 17.5 Å². The summed E-state index contributed by atoms with van der Waals surface area (Å²) in [6.45, 7) is 2.69. The van der Waals surface area contributed by atoms with Crippen LogP contribution in [0.1, 0.15) is 28.8 Å². The van der Waals surface area contributed by atoms with Gasteiger partial charge in [0.05, 0.1) is 10.9 Å². The Balaban J connectivity index is 1.57. The number of aromatic nitrogens is 1. The van der Waals surface area contributed by atoms with Crippen LogP contribution in [0, 0.1) is 5.82 Å². The van der Waals surface area contributed by atoms with Crippen molar-refractivity contribution in [1.82, 2.24) is 19.9 Å². The first-order chi connectivity index (χ1) is 16.2. The molecule has 1 aliphatic heterocycles. The van der Waals surface area contributed by atoms with Crippen LogP contribution >= 0.6 is 11.6 Å². The molecule has 180 valence electrons. The number of nitrogens with one attached hydrogen (secondary N) is 3. The second kappa shape index (κ2) is 10.2. The number of aromatic amines is 1. The number of nitrogens with zero attached hydrogens (tertiary/aromatic N) is 1. The topological polar surface area (TPSA) is 111 Å². The zero-order chi connectivity index (χ0) is 24.3. The number of fused-ring (bicyclic) bond motifs is 1. The van der Waals surface area contributed by atoms with E-state index in [0.29, 0.717) is 11.6 Å². The lowest BCUT2D eigenvalue weighted by Gasteiger charge is -2.15. The lowest BCUT2D eigenvalue weighted by molar-refractivity contribution is 0.0949. The van der Waals surface area contributed by atoms with Gasteiger partial charge in [0.2, 0.25) is 15.5 Å². The fourth-order valence-electron chi connectivity index (χ4n) is 3.95. The quantitative estimate of drug-likeness (QED) is 0.435. The van der Waals surface area contributed by atoms with E-state index in [4.69, 9.17) is 11.6 Å². The fourth-order valence-corrected chi connectivity index (χ4v) is 5.29. The van der Waals surface area contributed by atoms with Crippen molar-refractivity contribution in [3.8, 4) is 0 Å². The summed E-state index contributed by atoms with van der Waals surface area (Å²) in [4.78, 5) is 30.0. The lowest BCUT2D eigenvalue weighted by atomic mass is 10.1. The van der Waals surface area contributed by atoms with Gasteiger partial charge < -0.3 is 15.2 Å². The Morgan fingerprint density at radius 3 is 2.56 bits per heavy atom. The third kappa shape index (κ3) is 5.47. The molecule has 0 bridgehead atoms. The van der Waals surface area contributed by atoms with Crippen LogP contribution in [0.4, 0.5) is 4.39 Å². The zero-order valence-electron chi connectivity index (χ0n) is 18.2. The smallest absolute Gasteiger partial charge is 0.257 e. The van der Waals surface area contributed by atoms with E-state index < -0.39 is 27.2 Å². The average molecular weight is 507 g/mol. The number of halogens is 2. The highest BCUT2D eigenvalue weighted by atomic mass is 35.5. The summed E-state index contributed by atoms with van der Waals surface area (Å²) in [6, 6.07) is 8.60. The van der Waals surface area contributed by atoms with Crippen molar-refractivity contribution in [2.75, 3.05) is 26.2 Å². The van der Waals surface area contributed by atoms with Crippen LogP contribution in [0.15, 0.2) is 52.3 Å². The normalized spacial score (nSPS) is 14.5. The summed E-state index contributed by atoms with van der Waals surface area (Å²) in [7, 11) is -4.10. The molecular weight excluding hydrogens is 483 g/mol. The van der Waals surface area contributed by atoms with Gasteiger partial charge in [-0.1, -0.05) is 23.7 Å². The number of likely N-dealkylation sites (tertiary alicyclic amines) is 1. The Morgan fingerprint density at radius 1 is 1.15 bits per heavy atom. The standard InChI is InChI=1S/C23H24ClFN4O4S/c24-16-5-3-15(4-6-16)13-27-23(31)19-14-26-21-18(22(19)30)11-17(25)12-20(21)34(32,33)28-7-10-29-8-1-2-9-29/h3-6,11-12,14,28H,1-2,7-10,13H2,(H,26,30)(H,27,31). The van der Waals surface area contributed by atoms with Gasteiger partial charge in [-0.3, -0.25) is 9.59 Å². The Kier molecular flexibility index (Phi) is 7.32. The van der Waals surface area contributed by atoms with Crippen molar-refractivity contribution in [3.63, 3.8) is 0 Å². The predicted octanol–water partition coefficient (Wildman–Crippen LogP) is 2.62. The summed E-state index contributed by atoms with van der Waals surface area (Å²) in [5.41, 5.74) is -0.309. The lowest BCUT2D eigenvalue weighted by Crippen LogP contribution is -2.34. The van der Waals surface area contributed by atoms with Gasteiger partial charge >= 0.3 is 0 Å². The molecule has 34 heavy (non-hydrogen) atoms. The highest BCUT2D eigenvalue weighted by Crippen LogP contribution is 2.21. The van der Waals surface area contributed by atoms with Gasteiger partial charge in [-0.05, 0) is 55.8 Å². The highest BCUT2D eigenvalue weighted by molar-refractivity contribution is 7.89. The van der Waals surface area contributed by atoms with Crippen molar-refractivity contribution >= 4 is 38.4 Å². The van der Waals surface area contributed by atoms with E-state index in [1.165, 1.54) is 0 Å². The molecule has 1 amide bonds.